The van der Waals surface area contributed by atoms with Crippen LogP contribution in [0.15, 0.2) is 60.8 Å². The lowest BCUT2D eigenvalue weighted by Gasteiger charge is -2.19. The number of ether oxygens (including phenoxy) is 1. The van der Waals surface area contributed by atoms with E-state index in [1.54, 1.807) is 18.2 Å². The molecule has 0 aliphatic rings. The lowest BCUT2D eigenvalue weighted by molar-refractivity contribution is 0.00692. The summed E-state index contributed by atoms with van der Waals surface area (Å²) in [6, 6.07) is 13.4. The Bertz CT molecular complexity index is 1490. The third-order valence-corrected chi connectivity index (χ3v) is 5.21. The maximum absolute atomic E-state index is 13.2. The molecule has 0 radical (unpaired) electrons. The molecule has 0 saturated carbocycles. The molecule has 0 saturated heterocycles. The second kappa shape index (κ2) is 12.4. The van der Waals surface area contributed by atoms with Crippen LogP contribution in [0.4, 0.5) is 8.78 Å². The Balaban J connectivity index is 0.000000242. The Morgan fingerprint density at radius 2 is 1.64 bits per heavy atom. The number of halogens is 2. The molecular weight excluding hydrogens is 508 g/mol. The first-order valence-corrected chi connectivity index (χ1v) is 12.0. The number of carbonyl (C=O) groups is 3. The van der Waals surface area contributed by atoms with Gasteiger partial charge in [0, 0.05) is 26.1 Å². The molecule has 0 aliphatic heterocycles. The molecule has 11 heteroatoms. The van der Waals surface area contributed by atoms with Crippen molar-refractivity contribution < 1.29 is 27.9 Å². The summed E-state index contributed by atoms with van der Waals surface area (Å²) in [4.78, 5) is 39.6. The van der Waals surface area contributed by atoms with Crippen LogP contribution in [0.3, 0.4) is 0 Å². The first-order chi connectivity index (χ1) is 18.4. The SMILES string of the molecule is CC(=O)c1cc(C(=O)NCc2ccc(F)c(F)c2)nc2ccnn12.CC(C)(C)OC(=O)c1ccc(CN)cc1. The van der Waals surface area contributed by atoms with E-state index in [2.05, 4.69) is 15.4 Å². The van der Waals surface area contributed by atoms with E-state index in [9.17, 15) is 23.2 Å². The summed E-state index contributed by atoms with van der Waals surface area (Å²) in [6.45, 7) is 7.38. The highest BCUT2D eigenvalue weighted by molar-refractivity contribution is 5.98. The summed E-state index contributed by atoms with van der Waals surface area (Å²) in [5, 5.41) is 6.53. The van der Waals surface area contributed by atoms with Gasteiger partial charge in [-0.25, -0.2) is 23.1 Å². The smallest absolute Gasteiger partial charge is 0.338 e. The van der Waals surface area contributed by atoms with Gasteiger partial charge in [-0.15, -0.1) is 0 Å². The van der Waals surface area contributed by atoms with E-state index in [0.717, 1.165) is 17.7 Å². The van der Waals surface area contributed by atoms with Crippen molar-refractivity contribution in [3.05, 3.63) is 101 Å². The minimum absolute atomic E-state index is 0.00242. The van der Waals surface area contributed by atoms with Gasteiger partial charge in [0.2, 0.25) is 0 Å². The van der Waals surface area contributed by atoms with Crippen LogP contribution < -0.4 is 11.1 Å². The fraction of sp³-hybridized carbons (Fsp3) is 0.250. The second-order valence-electron chi connectivity index (χ2n) is 9.52. The molecular formula is C28H29F2N5O4. The predicted octanol–water partition coefficient (Wildman–Crippen LogP) is 4.24. The summed E-state index contributed by atoms with van der Waals surface area (Å²) in [5.41, 5.74) is 7.59. The molecule has 9 nitrogen and oxygen atoms in total. The Morgan fingerprint density at radius 3 is 2.23 bits per heavy atom. The molecule has 0 bridgehead atoms. The lowest BCUT2D eigenvalue weighted by atomic mass is 10.1. The van der Waals surface area contributed by atoms with Crippen molar-refractivity contribution in [2.45, 2.75) is 46.4 Å². The Morgan fingerprint density at radius 1 is 0.974 bits per heavy atom. The number of rotatable bonds is 6. The van der Waals surface area contributed by atoms with Gasteiger partial charge in [0.05, 0.1) is 11.8 Å². The number of ketones is 1. The van der Waals surface area contributed by atoms with Gasteiger partial charge in [-0.3, -0.25) is 9.59 Å². The molecule has 2 aromatic heterocycles. The zero-order valence-corrected chi connectivity index (χ0v) is 22.0. The second-order valence-corrected chi connectivity index (χ2v) is 9.52. The quantitative estimate of drug-likeness (QED) is 0.278. The van der Waals surface area contributed by atoms with Crippen LogP contribution >= 0.6 is 0 Å². The van der Waals surface area contributed by atoms with Crippen LogP contribution in [0.1, 0.15) is 70.2 Å². The van der Waals surface area contributed by atoms with E-state index >= 15 is 0 Å². The van der Waals surface area contributed by atoms with Crippen LogP contribution in [-0.2, 0) is 17.8 Å². The third-order valence-electron chi connectivity index (χ3n) is 5.21. The van der Waals surface area contributed by atoms with Gasteiger partial charge in [0.1, 0.15) is 17.0 Å². The van der Waals surface area contributed by atoms with E-state index in [1.165, 1.54) is 29.8 Å². The van der Waals surface area contributed by atoms with Gasteiger partial charge in [0.15, 0.2) is 23.1 Å². The number of nitrogens with zero attached hydrogens (tertiary/aromatic N) is 3. The summed E-state index contributed by atoms with van der Waals surface area (Å²) < 4.78 is 32.6. The number of hydrogen-bond donors (Lipinski definition) is 2. The number of hydrogen-bond acceptors (Lipinski definition) is 7. The van der Waals surface area contributed by atoms with Crippen molar-refractivity contribution in [2.24, 2.45) is 5.73 Å². The van der Waals surface area contributed by atoms with Crippen molar-refractivity contribution in [1.29, 1.82) is 0 Å². The maximum atomic E-state index is 13.2. The highest BCUT2D eigenvalue weighted by Crippen LogP contribution is 2.13. The number of carbonyl (C=O) groups excluding carboxylic acids is 3. The van der Waals surface area contributed by atoms with Gasteiger partial charge in [-0.1, -0.05) is 18.2 Å². The van der Waals surface area contributed by atoms with Crippen molar-refractivity contribution in [3.63, 3.8) is 0 Å². The largest absolute Gasteiger partial charge is 0.456 e. The van der Waals surface area contributed by atoms with E-state index in [1.807, 2.05) is 32.9 Å². The van der Waals surface area contributed by atoms with Gasteiger partial charge in [0.25, 0.3) is 5.91 Å². The molecule has 39 heavy (non-hydrogen) atoms. The zero-order valence-electron chi connectivity index (χ0n) is 22.0. The molecule has 1 amide bonds. The van der Waals surface area contributed by atoms with Crippen molar-refractivity contribution in [1.82, 2.24) is 19.9 Å². The molecule has 0 spiro atoms. The highest BCUT2D eigenvalue weighted by Gasteiger charge is 2.18. The van der Waals surface area contributed by atoms with Crippen molar-refractivity contribution >= 4 is 23.3 Å². The van der Waals surface area contributed by atoms with Crippen molar-refractivity contribution in [3.8, 4) is 0 Å². The highest BCUT2D eigenvalue weighted by atomic mass is 19.2. The minimum atomic E-state index is -0.987. The summed E-state index contributed by atoms with van der Waals surface area (Å²) in [5.74, 6) is -3.04. The van der Waals surface area contributed by atoms with E-state index < -0.39 is 23.1 Å². The fourth-order valence-corrected chi connectivity index (χ4v) is 3.32. The molecule has 4 rings (SSSR count). The molecule has 4 aromatic rings. The van der Waals surface area contributed by atoms with Gasteiger partial charge < -0.3 is 15.8 Å². The van der Waals surface area contributed by atoms with Crippen LogP contribution in [0, 0.1) is 11.6 Å². The molecule has 2 heterocycles. The fourth-order valence-electron chi connectivity index (χ4n) is 3.32. The third kappa shape index (κ3) is 7.99. The van der Waals surface area contributed by atoms with Gasteiger partial charge in [-0.05, 0) is 62.2 Å². The number of amides is 1. The zero-order chi connectivity index (χ0) is 28.7. The number of fused-ring (bicyclic) bond motifs is 1. The number of nitrogens with two attached hydrogens (primary N) is 1. The predicted molar refractivity (Wildman–Crippen MR) is 140 cm³/mol. The monoisotopic (exact) mass is 537 g/mol. The summed E-state index contributed by atoms with van der Waals surface area (Å²) >= 11 is 0. The van der Waals surface area contributed by atoms with E-state index in [0.29, 0.717) is 23.3 Å². The molecule has 3 N–H and O–H groups in total. The number of nitrogens with one attached hydrogen (secondary N) is 1. The summed E-state index contributed by atoms with van der Waals surface area (Å²) in [6.07, 6.45) is 1.47. The molecule has 0 atom stereocenters. The van der Waals surface area contributed by atoms with Crippen LogP contribution in [0.5, 0.6) is 0 Å². The van der Waals surface area contributed by atoms with Gasteiger partial charge in [-0.2, -0.15) is 5.10 Å². The first-order valence-electron chi connectivity index (χ1n) is 12.0. The average Bonchev–Trinajstić information content (AvgIpc) is 3.37. The molecule has 0 fully saturated rings. The van der Waals surface area contributed by atoms with Crippen LogP contribution in [0.25, 0.3) is 5.65 Å². The Hall–Kier alpha value is -4.51. The number of aromatic nitrogens is 3. The van der Waals surface area contributed by atoms with E-state index in [-0.39, 0.29) is 29.7 Å². The molecule has 204 valence electrons. The Labute approximate surface area is 224 Å². The standard InChI is InChI=1S/C16H12F2N4O2.C12H17NO2/c1-9(23)14-7-13(21-15-4-5-20-22(14)15)16(24)19-8-10-2-3-11(17)12(18)6-10;1-12(2,3)15-11(14)10-6-4-9(8-13)5-7-10/h2-7H,8H2,1H3,(H,19,24);4-7H,8,13H2,1-3H3. The average molecular weight is 538 g/mol. The number of esters is 1. The number of benzene rings is 2. The van der Waals surface area contributed by atoms with Crippen molar-refractivity contribution in [2.75, 3.05) is 0 Å². The number of Topliss-reactive ketones (excluding diaryl/α,β-unsaturated/α-hetero) is 1. The lowest BCUT2D eigenvalue weighted by Crippen LogP contribution is -2.25. The molecule has 0 aliphatic carbocycles. The first kappa shape index (κ1) is 29.1. The van der Waals surface area contributed by atoms with Gasteiger partial charge >= 0.3 is 5.97 Å². The topological polar surface area (TPSA) is 129 Å². The minimum Gasteiger partial charge on any atom is -0.456 e. The molecule has 2 aromatic carbocycles. The summed E-state index contributed by atoms with van der Waals surface area (Å²) in [7, 11) is 0. The normalized spacial score (nSPS) is 10.9. The van der Waals surface area contributed by atoms with E-state index in [4.69, 9.17) is 10.5 Å². The maximum Gasteiger partial charge on any atom is 0.338 e. The van der Waals surface area contributed by atoms with Crippen LogP contribution in [-0.4, -0.2) is 37.9 Å². The van der Waals surface area contributed by atoms with Crippen LogP contribution in [0.2, 0.25) is 0 Å². The Kier molecular flexibility index (Phi) is 9.20. The molecule has 0 unspecified atom stereocenters.